The van der Waals surface area contributed by atoms with Crippen molar-refractivity contribution in [3.8, 4) is 11.5 Å². The minimum atomic E-state index is -0.810. The van der Waals surface area contributed by atoms with Crippen molar-refractivity contribution in [3.05, 3.63) is 23.8 Å². The van der Waals surface area contributed by atoms with Crippen molar-refractivity contribution >= 4 is 11.9 Å². The lowest BCUT2D eigenvalue weighted by Crippen LogP contribution is -2.42. The quantitative estimate of drug-likeness (QED) is 0.913. The van der Waals surface area contributed by atoms with Crippen molar-refractivity contribution in [2.24, 2.45) is 5.92 Å². The van der Waals surface area contributed by atoms with Crippen molar-refractivity contribution in [1.29, 1.82) is 0 Å². The number of aryl methyl sites for hydroxylation is 1. The van der Waals surface area contributed by atoms with E-state index in [9.17, 15) is 9.59 Å². The van der Waals surface area contributed by atoms with Crippen LogP contribution in [0.3, 0.4) is 0 Å². The van der Waals surface area contributed by atoms with Gasteiger partial charge in [0.1, 0.15) is 0 Å². The lowest BCUT2D eigenvalue weighted by molar-refractivity contribution is -0.145. The molecule has 0 aliphatic carbocycles. The molecule has 1 saturated heterocycles. The van der Waals surface area contributed by atoms with Gasteiger partial charge in [0.05, 0.1) is 19.1 Å². The van der Waals surface area contributed by atoms with Gasteiger partial charge in [0, 0.05) is 25.9 Å². The van der Waals surface area contributed by atoms with Gasteiger partial charge in [-0.1, -0.05) is 6.07 Å². The first kappa shape index (κ1) is 16.6. The molecule has 1 aromatic rings. The number of carbonyl (C=O) groups is 2. The van der Waals surface area contributed by atoms with Crippen molar-refractivity contribution < 1.29 is 24.2 Å². The number of carboxylic acid groups (broad SMARTS) is 1. The van der Waals surface area contributed by atoms with Gasteiger partial charge in [-0.05, 0) is 37.0 Å². The summed E-state index contributed by atoms with van der Waals surface area (Å²) in [6, 6.07) is 5.78. The number of likely N-dealkylation sites (tertiary alicyclic amines) is 1. The van der Waals surface area contributed by atoms with Crippen molar-refractivity contribution in [1.82, 2.24) is 4.90 Å². The summed E-state index contributed by atoms with van der Waals surface area (Å²) in [5.74, 6) is 0.272. The molecule has 1 aromatic carbocycles. The van der Waals surface area contributed by atoms with E-state index >= 15 is 0 Å². The molecule has 2 aliphatic heterocycles. The molecule has 130 valence electrons. The van der Waals surface area contributed by atoms with E-state index < -0.39 is 11.9 Å². The maximum absolute atomic E-state index is 12.4. The molecule has 0 bridgehead atoms. The number of nitrogens with zero attached hydrogens (tertiary/aromatic N) is 1. The standard InChI is InChI=1S/C18H23NO5/c20-17(19-8-1-3-14(12-19)18(21)22)7-5-13-4-6-15-16(11-13)24-10-2-9-23-15/h4,6,11,14H,1-3,5,7-10,12H2,(H,21,22). The van der Waals surface area contributed by atoms with Crippen LogP contribution in [0, 0.1) is 5.92 Å². The maximum atomic E-state index is 12.4. The molecule has 0 radical (unpaired) electrons. The van der Waals surface area contributed by atoms with Gasteiger partial charge in [-0.15, -0.1) is 0 Å². The van der Waals surface area contributed by atoms with E-state index in [-0.39, 0.29) is 5.91 Å². The van der Waals surface area contributed by atoms with Gasteiger partial charge in [-0.3, -0.25) is 9.59 Å². The fraction of sp³-hybridized carbons (Fsp3) is 0.556. The van der Waals surface area contributed by atoms with E-state index in [1.54, 1.807) is 4.90 Å². The van der Waals surface area contributed by atoms with E-state index in [0.29, 0.717) is 45.6 Å². The summed E-state index contributed by atoms with van der Waals surface area (Å²) >= 11 is 0. The Hall–Kier alpha value is -2.24. The molecule has 6 heteroatoms. The molecule has 2 aliphatic rings. The molecular weight excluding hydrogens is 310 g/mol. The summed E-state index contributed by atoms with van der Waals surface area (Å²) in [7, 11) is 0. The van der Waals surface area contributed by atoms with Crippen LogP contribution in [0.25, 0.3) is 0 Å². The van der Waals surface area contributed by atoms with Crippen LogP contribution in [-0.4, -0.2) is 48.2 Å². The van der Waals surface area contributed by atoms with Gasteiger partial charge in [0.15, 0.2) is 11.5 Å². The van der Waals surface area contributed by atoms with Gasteiger partial charge in [0.2, 0.25) is 5.91 Å². The topological polar surface area (TPSA) is 76.1 Å². The smallest absolute Gasteiger partial charge is 0.308 e. The van der Waals surface area contributed by atoms with Crippen LogP contribution in [0.15, 0.2) is 18.2 Å². The van der Waals surface area contributed by atoms with E-state index in [0.717, 1.165) is 29.9 Å². The second-order valence-corrected chi connectivity index (χ2v) is 6.35. The Bertz CT molecular complexity index is 615. The second kappa shape index (κ2) is 7.55. The molecule has 1 unspecified atom stereocenters. The fourth-order valence-corrected chi connectivity index (χ4v) is 3.18. The summed E-state index contributed by atoms with van der Waals surface area (Å²) in [5.41, 5.74) is 1.03. The average Bonchev–Trinajstić information content (AvgIpc) is 2.84. The highest BCUT2D eigenvalue weighted by atomic mass is 16.5. The highest BCUT2D eigenvalue weighted by Crippen LogP contribution is 2.30. The zero-order valence-corrected chi connectivity index (χ0v) is 13.7. The molecule has 1 amide bonds. The summed E-state index contributed by atoms with van der Waals surface area (Å²) in [6.07, 6.45) is 3.27. The number of hydrogen-bond donors (Lipinski definition) is 1. The minimum absolute atomic E-state index is 0.0214. The molecule has 0 spiro atoms. The van der Waals surface area contributed by atoms with Gasteiger partial charge in [0.25, 0.3) is 0 Å². The number of fused-ring (bicyclic) bond motifs is 1. The van der Waals surface area contributed by atoms with Crippen LogP contribution in [0.1, 0.15) is 31.2 Å². The number of aliphatic carboxylic acids is 1. The predicted molar refractivity (Wildman–Crippen MR) is 87.3 cm³/mol. The third-order valence-corrected chi connectivity index (χ3v) is 4.56. The second-order valence-electron chi connectivity index (χ2n) is 6.35. The molecule has 3 rings (SSSR count). The molecule has 1 atom stereocenters. The summed E-state index contributed by atoms with van der Waals surface area (Å²) in [6.45, 7) is 2.28. The molecule has 1 fully saturated rings. The number of hydrogen-bond acceptors (Lipinski definition) is 4. The molecule has 2 heterocycles. The number of carboxylic acids is 1. The normalized spacial score (nSPS) is 20.3. The number of piperidine rings is 1. The van der Waals surface area contributed by atoms with Crippen molar-refractivity contribution in [3.63, 3.8) is 0 Å². The first-order valence-corrected chi connectivity index (χ1v) is 8.52. The largest absolute Gasteiger partial charge is 0.490 e. The lowest BCUT2D eigenvalue weighted by Gasteiger charge is -2.30. The third kappa shape index (κ3) is 3.99. The van der Waals surface area contributed by atoms with Crippen LogP contribution < -0.4 is 9.47 Å². The first-order valence-electron chi connectivity index (χ1n) is 8.52. The Morgan fingerprint density at radius 1 is 1.17 bits per heavy atom. The van der Waals surface area contributed by atoms with Gasteiger partial charge < -0.3 is 19.5 Å². The number of benzene rings is 1. The molecule has 24 heavy (non-hydrogen) atoms. The number of rotatable bonds is 4. The van der Waals surface area contributed by atoms with E-state index in [2.05, 4.69) is 0 Å². The molecule has 1 N–H and O–H groups in total. The lowest BCUT2D eigenvalue weighted by atomic mass is 9.97. The highest BCUT2D eigenvalue weighted by Gasteiger charge is 2.27. The van der Waals surface area contributed by atoms with Crippen molar-refractivity contribution in [2.75, 3.05) is 26.3 Å². The number of amides is 1. The van der Waals surface area contributed by atoms with E-state index in [1.807, 2.05) is 18.2 Å². The summed E-state index contributed by atoms with van der Waals surface area (Å²) in [5, 5.41) is 9.12. The Labute approximate surface area is 141 Å². The predicted octanol–water partition coefficient (Wildman–Crippen LogP) is 2.10. The Morgan fingerprint density at radius 2 is 1.96 bits per heavy atom. The highest BCUT2D eigenvalue weighted by molar-refractivity contribution is 5.78. The third-order valence-electron chi connectivity index (χ3n) is 4.56. The SMILES string of the molecule is O=C(O)C1CCCN(C(=O)CCc2ccc3c(c2)OCCCO3)C1. The fourth-order valence-electron chi connectivity index (χ4n) is 3.18. The first-order chi connectivity index (χ1) is 11.6. The van der Waals surface area contributed by atoms with Crippen LogP contribution >= 0.6 is 0 Å². The van der Waals surface area contributed by atoms with Gasteiger partial charge in [-0.25, -0.2) is 0 Å². The van der Waals surface area contributed by atoms with Crippen molar-refractivity contribution in [2.45, 2.75) is 32.1 Å². The van der Waals surface area contributed by atoms with Crippen LogP contribution in [0.4, 0.5) is 0 Å². The monoisotopic (exact) mass is 333 g/mol. The summed E-state index contributed by atoms with van der Waals surface area (Å²) in [4.78, 5) is 25.1. The molecule has 0 aromatic heterocycles. The van der Waals surface area contributed by atoms with Crippen LogP contribution in [0.5, 0.6) is 11.5 Å². The maximum Gasteiger partial charge on any atom is 0.308 e. The molecule has 0 saturated carbocycles. The molecule has 6 nitrogen and oxygen atoms in total. The van der Waals surface area contributed by atoms with E-state index in [4.69, 9.17) is 14.6 Å². The number of carbonyl (C=O) groups excluding carboxylic acids is 1. The Kier molecular flexibility index (Phi) is 5.23. The van der Waals surface area contributed by atoms with Gasteiger partial charge in [-0.2, -0.15) is 0 Å². The number of ether oxygens (including phenoxy) is 2. The van der Waals surface area contributed by atoms with E-state index in [1.165, 1.54) is 0 Å². The Balaban J connectivity index is 1.56. The zero-order chi connectivity index (χ0) is 16.9. The summed E-state index contributed by atoms with van der Waals surface area (Å²) < 4.78 is 11.3. The zero-order valence-electron chi connectivity index (χ0n) is 13.7. The Morgan fingerprint density at radius 3 is 2.75 bits per heavy atom. The van der Waals surface area contributed by atoms with Gasteiger partial charge >= 0.3 is 5.97 Å². The average molecular weight is 333 g/mol. The minimum Gasteiger partial charge on any atom is -0.490 e. The van der Waals surface area contributed by atoms with Crippen LogP contribution in [-0.2, 0) is 16.0 Å². The molecular formula is C18H23NO5. The van der Waals surface area contributed by atoms with Crippen LogP contribution in [0.2, 0.25) is 0 Å².